The lowest BCUT2D eigenvalue weighted by Gasteiger charge is -2.49. The molecule has 0 aliphatic carbocycles. The minimum Gasteiger partial charge on any atom is -0.508 e. The van der Waals surface area contributed by atoms with Crippen molar-refractivity contribution in [1.29, 1.82) is 0 Å². The first kappa shape index (κ1) is 11.5. The molecule has 0 saturated carbocycles. The summed E-state index contributed by atoms with van der Waals surface area (Å²) in [6, 6.07) is 7.79. The number of hydrogen-bond acceptors (Lipinski definition) is 2. The Morgan fingerprint density at radius 3 is 2.69 bits per heavy atom. The van der Waals surface area contributed by atoms with E-state index in [9.17, 15) is 5.11 Å². The number of phenols is 1. The van der Waals surface area contributed by atoms with Crippen LogP contribution in [0.1, 0.15) is 31.7 Å². The Balaban J connectivity index is 2.19. The summed E-state index contributed by atoms with van der Waals surface area (Å²) in [7, 11) is 2.16. The van der Waals surface area contributed by atoms with Crippen LogP contribution >= 0.6 is 0 Å². The topological polar surface area (TPSA) is 23.5 Å². The van der Waals surface area contributed by atoms with Crippen molar-refractivity contribution in [3.8, 4) is 5.75 Å². The molecule has 0 aromatic heterocycles. The molecule has 1 aromatic carbocycles. The molecule has 1 aliphatic rings. The summed E-state index contributed by atoms with van der Waals surface area (Å²) in [5, 5.41) is 9.57. The van der Waals surface area contributed by atoms with Crippen molar-refractivity contribution in [2.45, 2.75) is 31.6 Å². The van der Waals surface area contributed by atoms with E-state index in [0.29, 0.717) is 11.2 Å². The van der Waals surface area contributed by atoms with Crippen LogP contribution < -0.4 is 0 Å². The molecule has 1 aliphatic heterocycles. The predicted octanol–water partition coefficient (Wildman–Crippen LogP) is 2.77. The summed E-state index contributed by atoms with van der Waals surface area (Å²) in [6.45, 7) is 4.48. The third-order valence-corrected chi connectivity index (χ3v) is 3.61. The maximum Gasteiger partial charge on any atom is 0.115 e. The zero-order chi connectivity index (χ0) is 11.6. The van der Waals surface area contributed by atoms with E-state index in [4.69, 9.17) is 0 Å². The first-order valence-corrected chi connectivity index (χ1v) is 6.14. The number of likely N-dealkylation sites (N-methyl/N-ethyl adjacent to an activating group) is 1. The second kappa shape index (κ2) is 4.46. The van der Waals surface area contributed by atoms with Gasteiger partial charge >= 0.3 is 0 Å². The number of phenolic OH excluding ortho intramolecular Hbond substituents is 1. The predicted molar refractivity (Wildman–Crippen MR) is 66.8 cm³/mol. The van der Waals surface area contributed by atoms with Gasteiger partial charge in [0.05, 0.1) is 0 Å². The van der Waals surface area contributed by atoms with Crippen molar-refractivity contribution >= 4 is 0 Å². The Morgan fingerprint density at radius 2 is 2.12 bits per heavy atom. The van der Waals surface area contributed by atoms with E-state index in [1.807, 2.05) is 12.1 Å². The van der Waals surface area contributed by atoms with Crippen molar-refractivity contribution in [3.05, 3.63) is 29.8 Å². The first-order chi connectivity index (χ1) is 7.66. The normalized spacial score (nSPS) is 19.4. The van der Waals surface area contributed by atoms with E-state index >= 15 is 0 Å². The quantitative estimate of drug-likeness (QED) is 0.841. The number of hydrogen-bond donors (Lipinski definition) is 1. The summed E-state index contributed by atoms with van der Waals surface area (Å²) in [4.78, 5) is 2.35. The van der Waals surface area contributed by atoms with E-state index < -0.39 is 0 Å². The molecule has 88 valence electrons. The van der Waals surface area contributed by atoms with E-state index in [0.717, 1.165) is 13.1 Å². The van der Waals surface area contributed by atoms with Crippen molar-refractivity contribution in [1.82, 2.24) is 4.90 Å². The smallest absolute Gasteiger partial charge is 0.115 e. The van der Waals surface area contributed by atoms with Crippen LogP contribution in [0.15, 0.2) is 24.3 Å². The third-order valence-electron chi connectivity index (χ3n) is 3.61. The molecule has 1 fully saturated rings. The standard InChI is InChI=1S/C14H21NO/c1-3-4-8-14(10-15(2)11-14)12-6-5-7-13(16)9-12/h5-7,9,16H,3-4,8,10-11H2,1-2H3. The maximum absolute atomic E-state index is 9.57. The molecular formula is C14H21NO. The molecule has 0 spiro atoms. The molecule has 1 aromatic rings. The minimum absolute atomic E-state index is 0.295. The summed E-state index contributed by atoms with van der Waals surface area (Å²) in [6.07, 6.45) is 3.74. The highest BCUT2D eigenvalue weighted by Gasteiger charge is 2.41. The van der Waals surface area contributed by atoms with Crippen LogP contribution in [-0.4, -0.2) is 30.1 Å². The number of likely N-dealkylation sites (tertiary alicyclic amines) is 1. The largest absolute Gasteiger partial charge is 0.508 e. The van der Waals surface area contributed by atoms with Gasteiger partial charge in [-0.15, -0.1) is 0 Å². The van der Waals surface area contributed by atoms with E-state index in [1.165, 1.54) is 24.8 Å². The van der Waals surface area contributed by atoms with Gasteiger partial charge in [0.2, 0.25) is 0 Å². The zero-order valence-corrected chi connectivity index (χ0v) is 10.2. The summed E-state index contributed by atoms with van der Waals surface area (Å²) in [5.74, 6) is 0.392. The molecular weight excluding hydrogens is 198 g/mol. The van der Waals surface area contributed by atoms with Crippen molar-refractivity contribution < 1.29 is 5.11 Å². The molecule has 16 heavy (non-hydrogen) atoms. The van der Waals surface area contributed by atoms with Crippen molar-refractivity contribution in [2.75, 3.05) is 20.1 Å². The Hall–Kier alpha value is -1.02. The van der Waals surface area contributed by atoms with E-state index in [1.54, 1.807) is 6.07 Å². The molecule has 0 radical (unpaired) electrons. The lowest BCUT2D eigenvalue weighted by Crippen LogP contribution is -2.57. The molecule has 1 saturated heterocycles. The van der Waals surface area contributed by atoms with E-state index in [2.05, 4.69) is 24.9 Å². The highest BCUT2D eigenvalue weighted by atomic mass is 16.3. The second-order valence-corrected chi connectivity index (χ2v) is 5.11. The average molecular weight is 219 g/mol. The second-order valence-electron chi connectivity index (χ2n) is 5.11. The number of benzene rings is 1. The molecule has 0 amide bonds. The summed E-state index contributed by atoms with van der Waals surface area (Å²) < 4.78 is 0. The lowest BCUT2D eigenvalue weighted by atomic mass is 9.70. The maximum atomic E-state index is 9.57. The summed E-state index contributed by atoms with van der Waals surface area (Å²) in [5.41, 5.74) is 1.60. The zero-order valence-electron chi connectivity index (χ0n) is 10.2. The minimum atomic E-state index is 0.295. The first-order valence-electron chi connectivity index (χ1n) is 6.14. The highest BCUT2D eigenvalue weighted by Crippen LogP contribution is 2.39. The Kier molecular flexibility index (Phi) is 3.20. The number of unbranched alkanes of at least 4 members (excludes halogenated alkanes) is 1. The molecule has 0 atom stereocenters. The number of aromatic hydroxyl groups is 1. The van der Waals surface area contributed by atoms with Gasteiger partial charge in [-0.05, 0) is 31.2 Å². The fourth-order valence-corrected chi connectivity index (χ4v) is 2.82. The van der Waals surface area contributed by atoms with Gasteiger partial charge in [0.15, 0.2) is 0 Å². The van der Waals surface area contributed by atoms with Crippen LogP contribution in [0.5, 0.6) is 5.75 Å². The summed E-state index contributed by atoms with van der Waals surface area (Å²) >= 11 is 0. The van der Waals surface area contributed by atoms with Crippen molar-refractivity contribution in [3.63, 3.8) is 0 Å². The van der Waals surface area contributed by atoms with Gasteiger partial charge < -0.3 is 10.0 Å². The molecule has 1 N–H and O–H groups in total. The van der Waals surface area contributed by atoms with Crippen LogP contribution in [0.3, 0.4) is 0 Å². The fraction of sp³-hybridized carbons (Fsp3) is 0.571. The number of nitrogens with zero attached hydrogens (tertiary/aromatic N) is 1. The SMILES string of the molecule is CCCCC1(c2cccc(O)c2)CN(C)C1. The Bertz CT molecular complexity index is 356. The van der Waals surface area contributed by atoms with Gasteiger partial charge in [0, 0.05) is 18.5 Å². The Labute approximate surface area is 97.9 Å². The molecule has 1 heterocycles. The Morgan fingerprint density at radius 1 is 1.38 bits per heavy atom. The van der Waals surface area contributed by atoms with Gasteiger partial charge in [0.25, 0.3) is 0 Å². The van der Waals surface area contributed by atoms with Crippen LogP contribution in [0.25, 0.3) is 0 Å². The molecule has 2 nitrogen and oxygen atoms in total. The molecule has 2 heteroatoms. The number of rotatable bonds is 4. The lowest BCUT2D eigenvalue weighted by molar-refractivity contribution is 0.0832. The monoisotopic (exact) mass is 219 g/mol. The van der Waals surface area contributed by atoms with Gasteiger partial charge in [-0.3, -0.25) is 0 Å². The van der Waals surface area contributed by atoms with Crippen molar-refractivity contribution in [2.24, 2.45) is 0 Å². The van der Waals surface area contributed by atoms with Gasteiger partial charge in [-0.25, -0.2) is 0 Å². The van der Waals surface area contributed by atoms with Crippen LogP contribution in [0, 0.1) is 0 Å². The van der Waals surface area contributed by atoms with Gasteiger partial charge in [-0.2, -0.15) is 0 Å². The van der Waals surface area contributed by atoms with Crippen LogP contribution in [0.2, 0.25) is 0 Å². The average Bonchev–Trinajstić information content (AvgIpc) is 2.22. The van der Waals surface area contributed by atoms with E-state index in [-0.39, 0.29) is 0 Å². The van der Waals surface area contributed by atoms with Crippen LogP contribution in [-0.2, 0) is 5.41 Å². The van der Waals surface area contributed by atoms with Crippen LogP contribution in [0.4, 0.5) is 0 Å². The highest BCUT2D eigenvalue weighted by molar-refractivity contribution is 5.35. The molecule has 0 bridgehead atoms. The third kappa shape index (κ3) is 2.07. The fourth-order valence-electron chi connectivity index (χ4n) is 2.82. The van der Waals surface area contributed by atoms with Gasteiger partial charge in [-0.1, -0.05) is 31.9 Å². The molecule has 0 unspecified atom stereocenters. The van der Waals surface area contributed by atoms with Gasteiger partial charge in [0.1, 0.15) is 5.75 Å². The molecule has 2 rings (SSSR count).